The van der Waals surface area contributed by atoms with Gasteiger partial charge in [0.1, 0.15) is 12.2 Å². The molecule has 4 aromatic carbocycles. The molecule has 0 N–H and O–H groups in total. The SMILES string of the molecule is CCOc1cc(C=C2C(=O)N(c3ccc(C)cc3)C(=S)N(c3ccc(C)cc3)C2=O)ccc1OCc1ccc(Cl)cc1Cl. The molecule has 0 radical (unpaired) electrons. The molecular weight excluding hydrogens is 603 g/mol. The number of anilines is 2. The molecule has 0 atom stereocenters. The van der Waals surface area contributed by atoms with E-state index in [0.29, 0.717) is 45.1 Å². The molecule has 1 aliphatic rings. The van der Waals surface area contributed by atoms with Gasteiger partial charge in [-0.2, -0.15) is 0 Å². The van der Waals surface area contributed by atoms with Crippen molar-refractivity contribution in [1.82, 2.24) is 0 Å². The summed E-state index contributed by atoms with van der Waals surface area (Å²) in [5, 5.41) is 1.12. The maximum Gasteiger partial charge on any atom is 0.270 e. The standard InChI is InChI=1S/C34H28Cl2N2O4S/c1-4-41-31-18-23(9-16-30(31)42-20-24-10-11-25(35)19-29(24)36)17-28-32(39)37(26-12-5-21(2)6-13-26)34(43)38(33(28)40)27-14-7-22(3)8-15-27/h5-19H,4,20H2,1-3H3. The zero-order valence-electron chi connectivity index (χ0n) is 23.8. The molecule has 1 aliphatic heterocycles. The highest BCUT2D eigenvalue weighted by Gasteiger charge is 2.41. The summed E-state index contributed by atoms with van der Waals surface area (Å²) in [6.45, 7) is 6.36. The van der Waals surface area contributed by atoms with Crippen molar-refractivity contribution in [1.29, 1.82) is 0 Å². The van der Waals surface area contributed by atoms with E-state index in [-0.39, 0.29) is 17.3 Å². The lowest BCUT2D eigenvalue weighted by Gasteiger charge is -2.36. The van der Waals surface area contributed by atoms with Crippen molar-refractivity contribution in [3.05, 3.63) is 123 Å². The van der Waals surface area contributed by atoms with Gasteiger partial charge in [-0.05, 0) is 93.2 Å². The van der Waals surface area contributed by atoms with Gasteiger partial charge in [0.15, 0.2) is 16.6 Å². The van der Waals surface area contributed by atoms with Crippen LogP contribution in [0.1, 0.15) is 29.2 Å². The molecule has 5 rings (SSSR count). The van der Waals surface area contributed by atoms with E-state index in [4.69, 9.17) is 44.9 Å². The lowest BCUT2D eigenvalue weighted by molar-refractivity contribution is -0.120. The van der Waals surface area contributed by atoms with Crippen LogP contribution in [0.2, 0.25) is 10.0 Å². The van der Waals surface area contributed by atoms with E-state index < -0.39 is 11.8 Å². The molecule has 6 nitrogen and oxygen atoms in total. The van der Waals surface area contributed by atoms with Gasteiger partial charge in [-0.1, -0.05) is 70.7 Å². The second-order valence-corrected chi connectivity index (χ2v) is 11.2. The number of thiocarbonyl (C=S) groups is 1. The highest BCUT2D eigenvalue weighted by molar-refractivity contribution is 7.81. The second kappa shape index (κ2) is 13.0. The number of amides is 2. The maximum absolute atomic E-state index is 13.9. The van der Waals surface area contributed by atoms with Crippen LogP contribution in [0.3, 0.4) is 0 Å². The van der Waals surface area contributed by atoms with Crippen LogP contribution >= 0.6 is 35.4 Å². The molecule has 0 saturated carbocycles. The fourth-order valence-corrected chi connectivity index (χ4v) is 5.38. The molecule has 4 aromatic rings. The maximum atomic E-state index is 13.9. The predicted molar refractivity (Wildman–Crippen MR) is 176 cm³/mol. The van der Waals surface area contributed by atoms with Gasteiger partial charge in [0, 0.05) is 15.6 Å². The van der Waals surface area contributed by atoms with E-state index in [2.05, 4.69) is 0 Å². The first-order chi connectivity index (χ1) is 20.7. The number of hydrogen-bond donors (Lipinski definition) is 0. The van der Waals surface area contributed by atoms with E-state index in [1.54, 1.807) is 42.5 Å². The Balaban J connectivity index is 1.52. The van der Waals surface area contributed by atoms with Gasteiger partial charge >= 0.3 is 0 Å². The van der Waals surface area contributed by atoms with Crippen LogP contribution in [0, 0.1) is 13.8 Å². The van der Waals surface area contributed by atoms with Crippen molar-refractivity contribution >= 4 is 69.8 Å². The highest BCUT2D eigenvalue weighted by Crippen LogP contribution is 2.34. The zero-order chi connectivity index (χ0) is 30.7. The van der Waals surface area contributed by atoms with E-state index >= 15 is 0 Å². The lowest BCUT2D eigenvalue weighted by Crippen LogP contribution is -2.56. The molecule has 9 heteroatoms. The monoisotopic (exact) mass is 630 g/mol. The first-order valence-corrected chi connectivity index (χ1v) is 14.7. The molecule has 0 spiro atoms. The average Bonchev–Trinajstić information content (AvgIpc) is 2.98. The molecule has 43 heavy (non-hydrogen) atoms. The molecule has 1 heterocycles. The molecular formula is C34H28Cl2N2O4S. The van der Waals surface area contributed by atoms with Crippen molar-refractivity contribution in [3.63, 3.8) is 0 Å². The Morgan fingerprint density at radius 2 is 1.33 bits per heavy atom. The van der Waals surface area contributed by atoms with Gasteiger partial charge in [0.25, 0.3) is 11.8 Å². The summed E-state index contributed by atoms with van der Waals surface area (Å²) in [5.41, 5.74) is 4.50. The van der Waals surface area contributed by atoms with Crippen LogP contribution in [-0.2, 0) is 16.2 Å². The summed E-state index contributed by atoms with van der Waals surface area (Å²) in [5.74, 6) is -0.0882. The van der Waals surface area contributed by atoms with Crippen LogP contribution in [0.25, 0.3) is 6.08 Å². The van der Waals surface area contributed by atoms with Crippen molar-refractivity contribution in [2.24, 2.45) is 0 Å². The second-order valence-electron chi connectivity index (χ2n) is 9.96. The molecule has 1 fully saturated rings. The molecule has 0 aliphatic carbocycles. The number of ether oxygens (including phenoxy) is 2. The highest BCUT2D eigenvalue weighted by atomic mass is 35.5. The van der Waals surface area contributed by atoms with Crippen molar-refractivity contribution in [3.8, 4) is 11.5 Å². The molecule has 218 valence electrons. The number of halogens is 2. The van der Waals surface area contributed by atoms with Gasteiger partial charge in [0.05, 0.1) is 18.0 Å². The number of hydrogen-bond acceptors (Lipinski definition) is 5. The van der Waals surface area contributed by atoms with E-state index in [0.717, 1.165) is 16.7 Å². The van der Waals surface area contributed by atoms with Gasteiger partial charge in [-0.25, -0.2) is 0 Å². The summed E-state index contributed by atoms with van der Waals surface area (Å²) in [4.78, 5) is 30.6. The number of benzene rings is 4. The van der Waals surface area contributed by atoms with Crippen LogP contribution in [0.15, 0.2) is 90.5 Å². The summed E-state index contributed by atoms with van der Waals surface area (Å²) in [6.07, 6.45) is 1.55. The van der Waals surface area contributed by atoms with E-state index in [9.17, 15) is 9.59 Å². The van der Waals surface area contributed by atoms with Gasteiger partial charge in [0.2, 0.25) is 0 Å². The smallest absolute Gasteiger partial charge is 0.270 e. The minimum Gasteiger partial charge on any atom is -0.490 e. The van der Waals surface area contributed by atoms with Crippen LogP contribution < -0.4 is 19.3 Å². The number of rotatable bonds is 8. The van der Waals surface area contributed by atoms with Crippen LogP contribution in [-0.4, -0.2) is 23.5 Å². The average molecular weight is 632 g/mol. The fraction of sp³-hybridized carbons (Fsp3) is 0.147. The van der Waals surface area contributed by atoms with Crippen LogP contribution in [0.5, 0.6) is 11.5 Å². The lowest BCUT2D eigenvalue weighted by atomic mass is 10.0. The third-order valence-electron chi connectivity index (χ3n) is 6.81. The Morgan fingerprint density at radius 1 is 0.744 bits per heavy atom. The largest absolute Gasteiger partial charge is 0.490 e. The van der Waals surface area contributed by atoms with Crippen molar-refractivity contribution in [2.45, 2.75) is 27.4 Å². The molecule has 0 aromatic heterocycles. The third-order valence-corrected chi connectivity index (χ3v) is 7.76. The van der Waals surface area contributed by atoms with Crippen molar-refractivity contribution < 1.29 is 19.1 Å². The van der Waals surface area contributed by atoms with Crippen molar-refractivity contribution in [2.75, 3.05) is 16.4 Å². The summed E-state index contributed by atoms with van der Waals surface area (Å²) >= 11 is 18.1. The minimum absolute atomic E-state index is 0.0428. The van der Waals surface area contributed by atoms with Crippen LogP contribution in [0.4, 0.5) is 11.4 Å². The Hall–Kier alpha value is -4.17. The quantitative estimate of drug-likeness (QED) is 0.111. The van der Waals surface area contributed by atoms with Gasteiger partial charge in [-0.3, -0.25) is 19.4 Å². The molecule has 0 unspecified atom stereocenters. The molecule has 1 saturated heterocycles. The molecule has 0 bridgehead atoms. The summed E-state index contributed by atoms with van der Waals surface area (Å²) in [6, 6.07) is 25.3. The predicted octanol–water partition coefficient (Wildman–Crippen LogP) is 8.34. The molecule has 2 amide bonds. The summed E-state index contributed by atoms with van der Waals surface area (Å²) < 4.78 is 11.9. The number of aryl methyl sites for hydroxylation is 2. The van der Waals surface area contributed by atoms with Gasteiger partial charge in [-0.15, -0.1) is 0 Å². The fourth-order valence-electron chi connectivity index (χ4n) is 4.54. The Kier molecular flexibility index (Phi) is 9.16. The number of carbonyl (C=O) groups is 2. The van der Waals surface area contributed by atoms with E-state index in [1.165, 1.54) is 9.80 Å². The number of carbonyl (C=O) groups excluding carboxylic acids is 2. The third kappa shape index (κ3) is 6.59. The normalized spacial score (nSPS) is 13.4. The first-order valence-electron chi connectivity index (χ1n) is 13.6. The Labute approximate surface area is 266 Å². The number of nitrogens with zero attached hydrogens (tertiary/aromatic N) is 2. The minimum atomic E-state index is -0.516. The first kappa shape index (κ1) is 30.3. The zero-order valence-corrected chi connectivity index (χ0v) is 26.1. The summed E-state index contributed by atoms with van der Waals surface area (Å²) in [7, 11) is 0. The van der Waals surface area contributed by atoms with Gasteiger partial charge < -0.3 is 9.47 Å². The Bertz CT molecular complexity index is 1670. The Morgan fingerprint density at radius 3 is 1.86 bits per heavy atom. The van der Waals surface area contributed by atoms with E-state index in [1.807, 2.05) is 69.3 Å². The topological polar surface area (TPSA) is 59.1 Å².